The van der Waals surface area contributed by atoms with Crippen LogP contribution in [-0.4, -0.2) is 13.1 Å². The largest absolute Gasteiger partial charge is 0.713 e. The Hall–Kier alpha value is -0.870. The van der Waals surface area contributed by atoms with Gasteiger partial charge in [-0.1, -0.05) is 22.9 Å². The molecule has 0 spiro atoms. The fourth-order valence-electron chi connectivity index (χ4n) is 1.34. The van der Waals surface area contributed by atoms with Crippen LogP contribution in [0.2, 0.25) is 0 Å². The first-order valence-corrected chi connectivity index (χ1v) is 4.72. The van der Waals surface area contributed by atoms with Gasteiger partial charge in [0.1, 0.15) is 23.0 Å². The van der Waals surface area contributed by atoms with Gasteiger partial charge >= 0.3 is 13.1 Å². The quantitative estimate of drug-likeness (QED) is 0.636. The van der Waals surface area contributed by atoms with Gasteiger partial charge < -0.3 is 18.6 Å². The van der Waals surface area contributed by atoms with Crippen molar-refractivity contribution in [2.24, 2.45) is 0 Å². The lowest BCUT2D eigenvalue weighted by Crippen LogP contribution is -2.16. The summed E-state index contributed by atoms with van der Waals surface area (Å²) in [7, 11) is 0. The molecule has 2 heterocycles. The monoisotopic (exact) mass is 230 g/mol. The summed E-state index contributed by atoms with van der Waals surface area (Å²) in [5, 5.41) is 0. The summed E-state index contributed by atoms with van der Waals surface area (Å²) in [5.74, 6) is 2.10. The molecule has 0 unspecified atom stereocenters. The summed E-state index contributed by atoms with van der Waals surface area (Å²) < 4.78 is 20.5. The highest BCUT2D eigenvalue weighted by Gasteiger charge is 2.36. The standard InChI is InChI=1S/C6H2B2Cl2O4/c9-7-11-3-1-4-6(2-5(3)13-7)14-8(10)12-4/h1-2H. The summed E-state index contributed by atoms with van der Waals surface area (Å²) in [6.07, 6.45) is 0. The summed E-state index contributed by atoms with van der Waals surface area (Å²) in [6.45, 7) is -1.58. The third-order valence-electron chi connectivity index (χ3n) is 1.89. The van der Waals surface area contributed by atoms with Crippen molar-refractivity contribution in [3.8, 4) is 23.0 Å². The Balaban J connectivity index is 2.05. The van der Waals surface area contributed by atoms with Crippen LogP contribution in [0.1, 0.15) is 0 Å². The molecule has 1 aromatic rings. The molecule has 14 heavy (non-hydrogen) atoms. The van der Waals surface area contributed by atoms with Crippen LogP contribution in [0.3, 0.4) is 0 Å². The highest BCUT2D eigenvalue weighted by atomic mass is 35.5. The summed E-state index contributed by atoms with van der Waals surface area (Å²) in [6, 6.07) is 3.27. The highest BCUT2D eigenvalue weighted by molar-refractivity contribution is 7.01. The van der Waals surface area contributed by atoms with Crippen LogP contribution in [0.15, 0.2) is 12.1 Å². The first-order valence-electron chi connectivity index (χ1n) is 3.85. The van der Waals surface area contributed by atoms with Crippen LogP contribution in [0.5, 0.6) is 23.0 Å². The molecule has 0 bridgehead atoms. The molecule has 0 saturated heterocycles. The minimum atomic E-state index is -0.792. The molecule has 0 saturated carbocycles. The lowest BCUT2D eigenvalue weighted by molar-refractivity contribution is 0.516. The first kappa shape index (κ1) is 8.44. The average Bonchev–Trinajstić information content (AvgIpc) is 2.59. The zero-order valence-electron chi connectivity index (χ0n) is 6.70. The van der Waals surface area contributed by atoms with Gasteiger partial charge in [-0.3, -0.25) is 0 Å². The van der Waals surface area contributed by atoms with E-state index in [0.717, 1.165) is 0 Å². The summed E-state index contributed by atoms with van der Waals surface area (Å²) >= 11 is 11.2. The van der Waals surface area contributed by atoms with Crippen LogP contribution in [0.25, 0.3) is 0 Å². The van der Waals surface area contributed by atoms with Crippen molar-refractivity contribution in [2.45, 2.75) is 0 Å². The van der Waals surface area contributed by atoms with E-state index in [1.165, 1.54) is 0 Å². The maximum Gasteiger partial charge on any atom is 0.713 e. The average molecular weight is 231 g/mol. The van der Waals surface area contributed by atoms with Gasteiger partial charge in [0.05, 0.1) is 0 Å². The van der Waals surface area contributed by atoms with Crippen molar-refractivity contribution in [2.75, 3.05) is 0 Å². The molecule has 0 atom stereocenters. The van der Waals surface area contributed by atoms with Crippen molar-refractivity contribution in [1.29, 1.82) is 0 Å². The topological polar surface area (TPSA) is 36.9 Å². The van der Waals surface area contributed by atoms with Crippen molar-refractivity contribution in [3.63, 3.8) is 0 Å². The Bertz CT molecular complexity index is 333. The smallest absolute Gasteiger partial charge is 0.510 e. The number of fused-ring (bicyclic) bond motifs is 2. The predicted molar refractivity (Wildman–Crippen MR) is 52.2 cm³/mol. The summed E-state index contributed by atoms with van der Waals surface area (Å²) in [4.78, 5) is 0. The predicted octanol–water partition coefficient (Wildman–Crippen LogP) is 1.68. The van der Waals surface area contributed by atoms with E-state index in [0.29, 0.717) is 23.0 Å². The van der Waals surface area contributed by atoms with E-state index in [1.54, 1.807) is 12.1 Å². The Morgan fingerprint density at radius 2 is 1.00 bits per heavy atom. The maximum atomic E-state index is 5.62. The van der Waals surface area contributed by atoms with Crippen molar-refractivity contribution in [1.82, 2.24) is 0 Å². The lowest BCUT2D eigenvalue weighted by Gasteiger charge is -2.00. The molecule has 2 aliphatic heterocycles. The molecular weight excluding hydrogens is 229 g/mol. The Morgan fingerprint density at radius 3 is 1.29 bits per heavy atom. The van der Waals surface area contributed by atoms with Crippen molar-refractivity contribution >= 4 is 36.0 Å². The molecule has 0 aliphatic carbocycles. The second-order valence-electron chi connectivity index (χ2n) is 2.77. The van der Waals surface area contributed by atoms with Gasteiger partial charge in [-0.2, -0.15) is 0 Å². The molecule has 0 radical (unpaired) electrons. The second-order valence-corrected chi connectivity index (χ2v) is 3.48. The van der Waals surface area contributed by atoms with E-state index >= 15 is 0 Å². The Kier molecular flexibility index (Phi) is 1.69. The summed E-state index contributed by atoms with van der Waals surface area (Å²) in [5.41, 5.74) is 0. The zero-order chi connectivity index (χ0) is 9.71. The van der Waals surface area contributed by atoms with E-state index in [4.69, 9.17) is 41.5 Å². The molecular formula is C6H2B2Cl2O4. The molecule has 70 valence electrons. The minimum Gasteiger partial charge on any atom is -0.510 e. The van der Waals surface area contributed by atoms with Crippen LogP contribution >= 0.6 is 22.9 Å². The molecule has 0 N–H and O–H groups in total. The van der Waals surface area contributed by atoms with Gasteiger partial charge in [0, 0.05) is 12.1 Å². The molecule has 0 amide bonds. The van der Waals surface area contributed by atoms with E-state index in [-0.39, 0.29) is 0 Å². The molecule has 4 nitrogen and oxygen atoms in total. The van der Waals surface area contributed by atoms with Gasteiger partial charge in [0.15, 0.2) is 0 Å². The minimum absolute atomic E-state index is 0.526. The van der Waals surface area contributed by atoms with Crippen LogP contribution < -0.4 is 18.6 Å². The molecule has 1 aromatic carbocycles. The van der Waals surface area contributed by atoms with Crippen molar-refractivity contribution < 1.29 is 18.6 Å². The number of halogens is 2. The first-order chi connectivity index (χ1) is 6.72. The third-order valence-corrected chi connectivity index (χ3v) is 2.24. The van der Waals surface area contributed by atoms with Crippen LogP contribution in [-0.2, 0) is 0 Å². The SMILES string of the molecule is ClB1Oc2cc3c(cc2O1)OB(Cl)O3. The fraction of sp³-hybridized carbons (Fsp3) is 0. The third kappa shape index (κ3) is 1.18. The lowest BCUT2D eigenvalue weighted by atomic mass is 10.3. The Labute approximate surface area is 90.1 Å². The van der Waals surface area contributed by atoms with E-state index in [1.807, 2.05) is 0 Å². The molecule has 8 heteroatoms. The van der Waals surface area contributed by atoms with Crippen molar-refractivity contribution in [3.05, 3.63) is 12.1 Å². The number of rotatable bonds is 0. The van der Waals surface area contributed by atoms with Crippen LogP contribution in [0, 0.1) is 0 Å². The normalized spacial score (nSPS) is 16.4. The molecule has 2 aliphatic rings. The van der Waals surface area contributed by atoms with E-state index in [9.17, 15) is 0 Å². The van der Waals surface area contributed by atoms with Gasteiger partial charge in [-0.15, -0.1) is 0 Å². The number of hydrogen-bond acceptors (Lipinski definition) is 4. The fourth-order valence-corrected chi connectivity index (χ4v) is 1.72. The molecule has 0 fully saturated rings. The molecule has 0 aromatic heterocycles. The van der Waals surface area contributed by atoms with Gasteiger partial charge in [-0.05, 0) is 0 Å². The molecule has 3 rings (SSSR count). The van der Waals surface area contributed by atoms with Gasteiger partial charge in [0.2, 0.25) is 0 Å². The zero-order valence-corrected chi connectivity index (χ0v) is 8.21. The van der Waals surface area contributed by atoms with E-state index < -0.39 is 13.1 Å². The maximum absolute atomic E-state index is 5.62. The van der Waals surface area contributed by atoms with Crippen LogP contribution in [0.4, 0.5) is 0 Å². The Morgan fingerprint density at radius 1 is 0.714 bits per heavy atom. The van der Waals surface area contributed by atoms with E-state index in [2.05, 4.69) is 0 Å². The highest BCUT2D eigenvalue weighted by Crippen LogP contribution is 2.46. The van der Waals surface area contributed by atoms with Gasteiger partial charge in [0.25, 0.3) is 0 Å². The van der Waals surface area contributed by atoms with Gasteiger partial charge in [-0.25, -0.2) is 0 Å². The number of benzene rings is 1. The second kappa shape index (κ2) is 2.81. The number of hydrogen-bond donors (Lipinski definition) is 0.